The molecule has 1 aliphatic rings. The molecule has 0 saturated heterocycles. The highest BCUT2D eigenvalue weighted by atomic mass is 79.9. The third kappa shape index (κ3) is 3.96. The van der Waals surface area contributed by atoms with E-state index in [9.17, 15) is 4.79 Å². The number of hydrogen-bond acceptors (Lipinski definition) is 3. The molecule has 1 aromatic rings. The molecule has 4 nitrogen and oxygen atoms in total. The average Bonchev–Trinajstić information content (AvgIpc) is 2.44. The first-order chi connectivity index (χ1) is 9.58. The highest BCUT2D eigenvalue weighted by molar-refractivity contribution is 9.10. The van der Waals surface area contributed by atoms with E-state index in [1.807, 2.05) is 0 Å². The van der Waals surface area contributed by atoms with Crippen molar-refractivity contribution in [2.45, 2.75) is 38.6 Å². The van der Waals surface area contributed by atoms with Crippen LogP contribution >= 0.6 is 15.9 Å². The molecule has 20 heavy (non-hydrogen) atoms. The lowest BCUT2D eigenvalue weighted by Crippen LogP contribution is -2.24. The molecule has 110 valence electrons. The fourth-order valence-electron chi connectivity index (χ4n) is 2.75. The highest BCUT2D eigenvalue weighted by Crippen LogP contribution is 2.26. The molecule has 0 spiro atoms. The van der Waals surface area contributed by atoms with E-state index in [4.69, 9.17) is 10.8 Å². The van der Waals surface area contributed by atoms with Crippen LogP contribution in [-0.2, 0) is 6.54 Å². The summed E-state index contributed by atoms with van der Waals surface area (Å²) in [5.74, 6) is -0.185. The minimum atomic E-state index is -0.931. The summed E-state index contributed by atoms with van der Waals surface area (Å²) in [6.07, 6.45) is 6.60. The van der Waals surface area contributed by atoms with Crippen molar-refractivity contribution in [1.29, 1.82) is 0 Å². The predicted molar refractivity (Wildman–Crippen MR) is 83.8 cm³/mol. The monoisotopic (exact) mass is 340 g/mol. The van der Waals surface area contributed by atoms with E-state index < -0.39 is 5.97 Å². The molecule has 0 unspecified atom stereocenters. The van der Waals surface area contributed by atoms with Gasteiger partial charge < -0.3 is 16.2 Å². The molecular formula is C15H21BrN2O2. The van der Waals surface area contributed by atoms with Gasteiger partial charge in [-0.2, -0.15) is 0 Å². The first kappa shape index (κ1) is 15.3. The molecule has 0 aliphatic heterocycles. The first-order valence-corrected chi connectivity index (χ1v) is 7.89. The second-order valence-electron chi connectivity index (χ2n) is 5.47. The van der Waals surface area contributed by atoms with Gasteiger partial charge in [0.05, 0.1) is 11.3 Å². The summed E-state index contributed by atoms with van der Waals surface area (Å²) < 4.78 is 0.645. The van der Waals surface area contributed by atoms with Gasteiger partial charge in [0, 0.05) is 11.0 Å². The lowest BCUT2D eigenvalue weighted by Gasteiger charge is -2.22. The van der Waals surface area contributed by atoms with Crippen LogP contribution < -0.4 is 11.1 Å². The Morgan fingerprint density at radius 2 is 2.05 bits per heavy atom. The summed E-state index contributed by atoms with van der Waals surface area (Å²) in [4.78, 5) is 11.1. The molecule has 1 aromatic carbocycles. The smallest absolute Gasteiger partial charge is 0.335 e. The number of aromatic carboxylic acids is 1. The zero-order valence-electron chi connectivity index (χ0n) is 11.5. The van der Waals surface area contributed by atoms with E-state index in [0.717, 1.165) is 18.0 Å². The third-order valence-electron chi connectivity index (χ3n) is 3.94. The summed E-state index contributed by atoms with van der Waals surface area (Å²) in [5.41, 5.74) is 7.71. The molecule has 2 rings (SSSR count). The minimum Gasteiger partial charge on any atom is -0.478 e. The van der Waals surface area contributed by atoms with Crippen LogP contribution in [0, 0.1) is 5.92 Å². The third-order valence-corrected chi connectivity index (χ3v) is 4.59. The van der Waals surface area contributed by atoms with Gasteiger partial charge in [-0.15, -0.1) is 0 Å². The van der Waals surface area contributed by atoms with Crippen LogP contribution in [0.2, 0.25) is 0 Å². The minimum absolute atomic E-state index is 0.264. The first-order valence-electron chi connectivity index (χ1n) is 7.10. The molecule has 1 fully saturated rings. The number of carboxylic acids is 1. The van der Waals surface area contributed by atoms with Crippen LogP contribution in [0.3, 0.4) is 0 Å². The normalized spacial score (nSPS) is 16.2. The Morgan fingerprint density at radius 3 is 2.70 bits per heavy atom. The maximum Gasteiger partial charge on any atom is 0.335 e. The number of nitrogens with two attached hydrogens (primary N) is 1. The second-order valence-corrected chi connectivity index (χ2v) is 6.33. The van der Waals surface area contributed by atoms with Crippen LogP contribution in [0.25, 0.3) is 0 Å². The summed E-state index contributed by atoms with van der Waals surface area (Å²) in [5, 5.41) is 12.5. The van der Waals surface area contributed by atoms with Crippen LogP contribution in [0.1, 0.15) is 48.0 Å². The lowest BCUT2D eigenvalue weighted by molar-refractivity contribution is 0.0696. The van der Waals surface area contributed by atoms with Gasteiger partial charge in [0.25, 0.3) is 0 Å². The van der Waals surface area contributed by atoms with Crippen molar-refractivity contribution in [2.75, 3.05) is 12.3 Å². The lowest BCUT2D eigenvalue weighted by atomic mass is 9.89. The largest absolute Gasteiger partial charge is 0.478 e. The van der Waals surface area contributed by atoms with Crippen molar-refractivity contribution in [3.63, 3.8) is 0 Å². The van der Waals surface area contributed by atoms with Crippen LogP contribution in [0.15, 0.2) is 16.6 Å². The van der Waals surface area contributed by atoms with Crippen molar-refractivity contribution in [3.8, 4) is 0 Å². The topological polar surface area (TPSA) is 75.4 Å². The average molecular weight is 341 g/mol. The van der Waals surface area contributed by atoms with Gasteiger partial charge in [-0.3, -0.25) is 0 Å². The van der Waals surface area contributed by atoms with E-state index in [-0.39, 0.29) is 5.56 Å². The van der Waals surface area contributed by atoms with E-state index >= 15 is 0 Å². The Balaban J connectivity index is 1.96. The molecule has 0 heterocycles. The molecule has 0 amide bonds. The Bertz CT molecular complexity index is 485. The van der Waals surface area contributed by atoms with Crippen molar-refractivity contribution in [3.05, 3.63) is 27.7 Å². The van der Waals surface area contributed by atoms with Crippen molar-refractivity contribution in [1.82, 2.24) is 5.32 Å². The predicted octanol–water partition coefficient (Wildman–Crippen LogP) is 3.40. The van der Waals surface area contributed by atoms with Crippen molar-refractivity contribution >= 4 is 27.6 Å². The zero-order valence-corrected chi connectivity index (χ0v) is 13.1. The van der Waals surface area contributed by atoms with E-state index in [1.54, 1.807) is 12.1 Å². The standard InChI is InChI=1S/C15H21BrN2O2/c16-13-7-11(15(19)20)6-12(14(13)17)9-18-8-10-4-2-1-3-5-10/h6-7,10,18H,1-5,8-9,17H2,(H,19,20). The molecule has 4 N–H and O–H groups in total. The van der Waals surface area contributed by atoms with Crippen LogP contribution in [0.4, 0.5) is 5.69 Å². The van der Waals surface area contributed by atoms with Gasteiger partial charge >= 0.3 is 5.97 Å². The molecule has 1 saturated carbocycles. The maximum absolute atomic E-state index is 11.1. The molecule has 0 bridgehead atoms. The van der Waals surface area contributed by atoms with Crippen molar-refractivity contribution < 1.29 is 9.90 Å². The van der Waals surface area contributed by atoms with Gasteiger partial charge in [0.2, 0.25) is 0 Å². The summed E-state index contributed by atoms with van der Waals surface area (Å²) in [6.45, 7) is 1.59. The van der Waals surface area contributed by atoms with E-state index in [0.29, 0.717) is 16.7 Å². The summed E-state index contributed by atoms with van der Waals surface area (Å²) >= 11 is 3.32. The molecule has 0 aromatic heterocycles. The van der Waals surface area contributed by atoms with E-state index in [1.165, 1.54) is 32.1 Å². The highest BCUT2D eigenvalue weighted by Gasteiger charge is 2.14. The number of anilines is 1. The van der Waals surface area contributed by atoms with E-state index in [2.05, 4.69) is 21.2 Å². The SMILES string of the molecule is Nc1c(Br)cc(C(=O)O)cc1CNCC1CCCCC1. The van der Waals surface area contributed by atoms with Gasteiger partial charge in [0.15, 0.2) is 0 Å². The van der Waals surface area contributed by atoms with Crippen molar-refractivity contribution in [2.24, 2.45) is 5.92 Å². The Hall–Kier alpha value is -1.07. The van der Waals surface area contributed by atoms with Gasteiger partial charge in [-0.05, 0) is 58.9 Å². The molecule has 5 heteroatoms. The number of carboxylic acid groups (broad SMARTS) is 1. The quantitative estimate of drug-likeness (QED) is 0.718. The molecule has 0 atom stereocenters. The number of benzene rings is 1. The maximum atomic E-state index is 11.1. The van der Waals surface area contributed by atoms with Crippen LogP contribution in [-0.4, -0.2) is 17.6 Å². The number of rotatable bonds is 5. The number of nitrogen functional groups attached to an aromatic ring is 1. The summed E-state index contributed by atoms with van der Waals surface area (Å²) in [6, 6.07) is 3.19. The summed E-state index contributed by atoms with van der Waals surface area (Å²) in [7, 11) is 0. The molecule has 0 radical (unpaired) electrons. The van der Waals surface area contributed by atoms with Crippen LogP contribution in [0.5, 0.6) is 0 Å². The number of nitrogens with one attached hydrogen (secondary N) is 1. The van der Waals surface area contributed by atoms with Gasteiger partial charge in [0.1, 0.15) is 0 Å². The Labute approximate surface area is 127 Å². The zero-order chi connectivity index (χ0) is 14.5. The number of hydrogen-bond donors (Lipinski definition) is 3. The molecule has 1 aliphatic carbocycles. The second kappa shape index (κ2) is 7.09. The Kier molecular flexibility index (Phi) is 5.43. The molecular weight excluding hydrogens is 320 g/mol. The van der Waals surface area contributed by atoms with Gasteiger partial charge in [-0.1, -0.05) is 19.3 Å². The number of carbonyl (C=O) groups is 1. The Morgan fingerprint density at radius 1 is 1.35 bits per heavy atom. The fraction of sp³-hybridized carbons (Fsp3) is 0.533. The fourth-order valence-corrected chi connectivity index (χ4v) is 3.25. The number of halogens is 1. The van der Waals surface area contributed by atoms with Gasteiger partial charge in [-0.25, -0.2) is 4.79 Å².